The fourth-order valence-corrected chi connectivity index (χ4v) is 0.227. The monoisotopic (exact) mass is 120 g/mol. The highest BCUT2D eigenvalue weighted by molar-refractivity contribution is 4.99. The molecule has 0 fully saturated rings. The first kappa shape index (κ1) is 7.26. The molecule has 0 aromatic carbocycles. The molecule has 0 aliphatic carbocycles. The summed E-state index contributed by atoms with van der Waals surface area (Å²) in [5.74, 6) is 0. The van der Waals surface area contributed by atoms with Gasteiger partial charge in [-0.3, -0.25) is 0 Å². The van der Waals surface area contributed by atoms with Gasteiger partial charge < -0.3 is 4.42 Å². The highest BCUT2D eigenvalue weighted by Crippen LogP contribution is 1.79. The first-order valence-corrected chi connectivity index (χ1v) is 2.17. The van der Waals surface area contributed by atoms with Gasteiger partial charge in [0.25, 0.3) is 0 Å². The molecule has 0 amide bonds. The Balaban J connectivity index is 0.000000148. The highest BCUT2D eigenvalue weighted by atomic mass is 16.3. The van der Waals surface area contributed by atoms with Crippen molar-refractivity contribution < 1.29 is 4.42 Å². The van der Waals surface area contributed by atoms with Crippen LogP contribution in [0.4, 0.5) is 0 Å². The SMILES string of the molecule is N#CC#N.c1ccoc1. The Labute approximate surface area is 52.7 Å². The van der Waals surface area contributed by atoms with Crippen molar-refractivity contribution in [2.45, 2.75) is 0 Å². The van der Waals surface area contributed by atoms with Gasteiger partial charge in [0, 0.05) is 0 Å². The molecular weight excluding hydrogens is 116 g/mol. The Morgan fingerprint density at radius 3 is 1.56 bits per heavy atom. The Morgan fingerprint density at radius 2 is 1.44 bits per heavy atom. The van der Waals surface area contributed by atoms with E-state index in [4.69, 9.17) is 10.5 Å². The van der Waals surface area contributed by atoms with Crippen LogP contribution in [0.3, 0.4) is 0 Å². The normalized spacial score (nSPS) is 5.56. The topological polar surface area (TPSA) is 60.7 Å². The van der Waals surface area contributed by atoms with E-state index in [9.17, 15) is 0 Å². The molecular formula is C6H4N2O. The average molecular weight is 120 g/mol. The van der Waals surface area contributed by atoms with Crippen LogP contribution >= 0.6 is 0 Å². The molecule has 0 aliphatic rings. The molecule has 3 heteroatoms. The van der Waals surface area contributed by atoms with Gasteiger partial charge in [-0.1, -0.05) is 0 Å². The summed E-state index contributed by atoms with van der Waals surface area (Å²) in [4.78, 5) is 0. The Morgan fingerprint density at radius 1 is 1.00 bits per heavy atom. The number of rotatable bonds is 0. The molecule has 1 aromatic rings. The summed E-state index contributed by atoms with van der Waals surface area (Å²) >= 11 is 0. The Kier molecular flexibility index (Phi) is 5.05. The maximum atomic E-state index is 7.26. The predicted molar refractivity (Wildman–Crippen MR) is 29.9 cm³/mol. The molecule has 1 heterocycles. The van der Waals surface area contributed by atoms with Crippen molar-refractivity contribution in [3.8, 4) is 12.1 Å². The van der Waals surface area contributed by atoms with Gasteiger partial charge in [0.1, 0.15) is 0 Å². The second-order valence-corrected chi connectivity index (χ2v) is 1.02. The van der Waals surface area contributed by atoms with E-state index in [2.05, 4.69) is 4.42 Å². The molecule has 9 heavy (non-hydrogen) atoms. The third-order valence-electron chi connectivity index (χ3n) is 0.475. The van der Waals surface area contributed by atoms with Crippen LogP contribution in [0.25, 0.3) is 0 Å². The maximum absolute atomic E-state index is 7.26. The summed E-state index contributed by atoms with van der Waals surface area (Å²) in [5.41, 5.74) is 0. The van der Waals surface area contributed by atoms with Crippen molar-refractivity contribution in [2.24, 2.45) is 0 Å². The molecule has 0 saturated carbocycles. The fourth-order valence-electron chi connectivity index (χ4n) is 0.227. The fraction of sp³-hybridized carbons (Fsp3) is 0. The van der Waals surface area contributed by atoms with E-state index in [1.807, 2.05) is 12.1 Å². The lowest BCUT2D eigenvalue weighted by atomic mass is 10.7. The number of nitriles is 2. The zero-order valence-electron chi connectivity index (χ0n) is 4.61. The lowest BCUT2D eigenvalue weighted by Gasteiger charge is -1.50. The minimum Gasteiger partial charge on any atom is -0.473 e. The van der Waals surface area contributed by atoms with E-state index in [0.29, 0.717) is 0 Å². The van der Waals surface area contributed by atoms with Crippen LogP contribution in [0.2, 0.25) is 0 Å². The quantitative estimate of drug-likeness (QED) is 0.518. The molecule has 0 N–H and O–H groups in total. The maximum Gasteiger partial charge on any atom is 0.181 e. The van der Waals surface area contributed by atoms with Crippen molar-refractivity contribution in [3.05, 3.63) is 24.7 Å². The van der Waals surface area contributed by atoms with Crippen molar-refractivity contribution in [1.82, 2.24) is 0 Å². The van der Waals surface area contributed by atoms with Crippen molar-refractivity contribution >= 4 is 0 Å². The molecule has 3 nitrogen and oxygen atoms in total. The van der Waals surface area contributed by atoms with E-state index in [1.165, 1.54) is 12.1 Å². The smallest absolute Gasteiger partial charge is 0.181 e. The number of hydrogen-bond acceptors (Lipinski definition) is 3. The second kappa shape index (κ2) is 6.26. The molecule has 1 rings (SSSR count). The predicted octanol–water partition coefficient (Wildman–Crippen LogP) is 1.31. The summed E-state index contributed by atoms with van der Waals surface area (Å²) in [6, 6.07) is 6.14. The van der Waals surface area contributed by atoms with Crippen LogP contribution in [0.1, 0.15) is 0 Å². The van der Waals surface area contributed by atoms with Crippen LogP contribution in [0.15, 0.2) is 29.1 Å². The largest absolute Gasteiger partial charge is 0.473 e. The Hall–Kier alpha value is -1.74. The molecule has 0 unspecified atom stereocenters. The van der Waals surface area contributed by atoms with Gasteiger partial charge in [0.05, 0.1) is 12.5 Å². The molecule has 0 atom stereocenters. The van der Waals surface area contributed by atoms with Gasteiger partial charge in [-0.2, -0.15) is 10.5 Å². The van der Waals surface area contributed by atoms with Gasteiger partial charge in [-0.05, 0) is 12.1 Å². The summed E-state index contributed by atoms with van der Waals surface area (Å²) in [6.07, 6.45) is 3.25. The summed E-state index contributed by atoms with van der Waals surface area (Å²) in [7, 11) is 0. The van der Waals surface area contributed by atoms with Gasteiger partial charge in [0.2, 0.25) is 0 Å². The van der Waals surface area contributed by atoms with E-state index in [-0.39, 0.29) is 0 Å². The molecule has 44 valence electrons. The first-order chi connectivity index (χ1) is 4.41. The molecule has 0 bridgehead atoms. The minimum absolute atomic E-state index is 1.24. The van der Waals surface area contributed by atoms with Crippen LogP contribution < -0.4 is 0 Å². The lowest BCUT2D eigenvalue weighted by molar-refractivity contribution is 0.567. The molecule has 1 aromatic heterocycles. The summed E-state index contributed by atoms with van der Waals surface area (Å²) < 4.78 is 4.58. The van der Waals surface area contributed by atoms with Gasteiger partial charge in [0.15, 0.2) is 12.1 Å². The number of furan rings is 1. The first-order valence-electron chi connectivity index (χ1n) is 2.17. The van der Waals surface area contributed by atoms with Crippen molar-refractivity contribution in [1.29, 1.82) is 10.5 Å². The third kappa shape index (κ3) is 6.26. The zero-order valence-corrected chi connectivity index (χ0v) is 4.61. The van der Waals surface area contributed by atoms with E-state index < -0.39 is 0 Å². The highest BCUT2D eigenvalue weighted by Gasteiger charge is 1.58. The molecule has 0 saturated heterocycles. The summed E-state index contributed by atoms with van der Waals surface area (Å²) in [5, 5.41) is 14.5. The standard InChI is InChI=1S/C4H4O.C2N2/c1-2-4-5-3-1;3-1-2-4/h1-4H;. The lowest BCUT2D eigenvalue weighted by Crippen LogP contribution is -1.26. The molecule has 0 radical (unpaired) electrons. The van der Waals surface area contributed by atoms with E-state index >= 15 is 0 Å². The van der Waals surface area contributed by atoms with Crippen molar-refractivity contribution in [3.63, 3.8) is 0 Å². The Bertz CT molecular complexity index is 173. The van der Waals surface area contributed by atoms with Crippen molar-refractivity contribution in [2.75, 3.05) is 0 Å². The van der Waals surface area contributed by atoms with Gasteiger partial charge in [-0.25, -0.2) is 0 Å². The minimum atomic E-state index is 1.24. The summed E-state index contributed by atoms with van der Waals surface area (Å²) in [6.45, 7) is 0. The van der Waals surface area contributed by atoms with Crippen LogP contribution in [-0.4, -0.2) is 0 Å². The second-order valence-electron chi connectivity index (χ2n) is 1.02. The zero-order chi connectivity index (χ0) is 6.95. The number of hydrogen-bond donors (Lipinski definition) is 0. The average Bonchev–Trinajstić information content (AvgIpc) is 2.43. The van der Waals surface area contributed by atoms with E-state index in [0.717, 1.165) is 0 Å². The molecule has 0 spiro atoms. The van der Waals surface area contributed by atoms with Crippen LogP contribution in [-0.2, 0) is 0 Å². The van der Waals surface area contributed by atoms with Crippen LogP contribution in [0, 0.1) is 22.7 Å². The van der Waals surface area contributed by atoms with Gasteiger partial charge in [-0.15, -0.1) is 0 Å². The third-order valence-corrected chi connectivity index (χ3v) is 0.475. The number of nitrogens with zero attached hydrogens (tertiary/aromatic N) is 2. The van der Waals surface area contributed by atoms with Gasteiger partial charge >= 0.3 is 0 Å². The van der Waals surface area contributed by atoms with Crippen LogP contribution in [0.5, 0.6) is 0 Å². The molecule has 0 aliphatic heterocycles. The van der Waals surface area contributed by atoms with E-state index in [1.54, 1.807) is 12.5 Å².